The molecule has 0 spiro atoms. The van der Waals surface area contributed by atoms with Crippen molar-refractivity contribution in [2.75, 3.05) is 19.7 Å². The standard InChI is InChI=1S/C15H17Cl2NO2.ClH/c1-2-20-15(19)12-9-18-7-3-4-11(12)10-5-6-13(16)14(17)8-10;/h5-6,8,18H,2-4,7,9H2,1H3;1H. The molecule has 1 aromatic carbocycles. The quantitative estimate of drug-likeness (QED) is 0.834. The highest BCUT2D eigenvalue weighted by atomic mass is 35.5. The second-order valence-electron chi connectivity index (χ2n) is 4.59. The Morgan fingerprint density at radius 3 is 2.76 bits per heavy atom. The monoisotopic (exact) mass is 349 g/mol. The normalized spacial score (nSPS) is 15.2. The number of ether oxygens (including phenoxy) is 1. The van der Waals surface area contributed by atoms with Gasteiger partial charge >= 0.3 is 5.97 Å². The Balaban J connectivity index is 0.00000220. The number of rotatable bonds is 3. The molecule has 21 heavy (non-hydrogen) atoms. The molecule has 1 aliphatic heterocycles. The summed E-state index contributed by atoms with van der Waals surface area (Å²) in [6.07, 6.45) is 1.79. The van der Waals surface area contributed by atoms with E-state index in [1.165, 1.54) is 0 Å². The molecule has 0 aliphatic carbocycles. The number of hydrogen-bond acceptors (Lipinski definition) is 3. The third kappa shape index (κ3) is 4.62. The first-order valence-corrected chi connectivity index (χ1v) is 7.44. The smallest absolute Gasteiger partial charge is 0.335 e. The maximum atomic E-state index is 12.1. The van der Waals surface area contributed by atoms with Crippen molar-refractivity contribution in [3.05, 3.63) is 39.4 Å². The first-order valence-electron chi connectivity index (χ1n) is 6.68. The average Bonchev–Trinajstić information content (AvgIpc) is 2.68. The van der Waals surface area contributed by atoms with Gasteiger partial charge in [-0.25, -0.2) is 4.79 Å². The lowest BCUT2D eigenvalue weighted by molar-refractivity contribution is -0.138. The Labute approximate surface area is 141 Å². The van der Waals surface area contributed by atoms with Crippen LogP contribution in [0.2, 0.25) is 10.0 Å². The molecule has 0 aromatic heterocycles. The summed E-state index contributed by atoms with van der Waals surface area (Å²) in [5.74, 6) is -0.261. The predicted octanol–water partition coefficient (Wildman–Crippen LogP) is 4.12. The van der Waals surface area contributed by atoms with E-state index in [9.17, 15) is 4.79 Å². The number of carbonyl (C=O) groups is 1. The lowest BCUT2D eigenvalue weighted by Crippen LogP contribution is -2.22. The molecule has 0 amide bonds. The number of allylic oxidation sites excluding steroid dienone is 1. The van der Waals surface area contributed by atoms with Gasteiger partial charge in [-0.05, 0) is 49.6 Å². The summed E-state index contributed by atoms with van der Waals surface area (Å²) in [4.78, 5) is 12.1. The van der Waals surface area contributed by atoms with Gasteiger partial charge in [0.1, 0.15) is 0 Å². The summed E-state index contributed by atoms with van der Waals surface area (Å²) in [6, 6.07) is 5.46. The summed E-state index contributed by atoms with van der Waals surface area (Å²) in [5, 5.41) is 4.26. The molecule has 1 heterocycles. The third-order valence-corrected chi connectivity index (χ3v) is 3.98. The molecule has 0 atom stereocenters. The number of nitrogens with one attached hydrogen (secondary N) is 1. The maximum Gasteiger partial charge on any atom is 0.335 e. The van der Waals surface area contributed by atoms with Crippen LogP contribution in [0.15, 0.2) is 23.8 Å². The van der Waals surface area contributed by atoms with E-state index in [4.69, 9.17) is 27.9 Å². The lowest BCUT2D eigenvalue weighted by Gasteiger charge is -2.13. The molecule has 1 aliphatic rings. The van der Waals surface area contributed by atoms with Crippen LogP contribution in [0.5, 0.6) is 0 Å². The summed E-state index contributed by atoms with van der Waals surface area (Å²) < 4.78 is 5.15. The van der Waals surface area contributed by atoms with E-state index < -0.39 is 0 Å². The van der Waals surface area contributed by atoms with Gasteiger partial charge in [-0.15, -0.1) is 12.4 Å². The van der Waals surface area contributed by atoms with E-state index in [1.807, 2.05) is 12.1 Å². The highest BCUT2D eigenvalue weighted by Crippen LogP contribution is 2.31. The maximum absolute atomic E-state index is 12.1. The summed E-state index contributed by atoms with van der Waals surface area (Å²) in [7, 11) is 0. The van der Waals surface area contributed by atoms with E-state index in [-0.39, 0.29) is 18.4 Å². The van der Waals surface area contributed by atoms with Crippen LogP contribution in [-0.4, -0.2) is 25.7 Å². The van der Waals surface area contributed by atoms with Gasteiger partial charge in [0.15, 0.2) is 0 Å². The van der Waals surface area contributed by atoms with Crippen molar-refractivity contribution < 1.29 is 9.53 Å². The fourth-order valence-corrected chi connectivity index (χ4v) is 2.58. The Morgan fingerprint density at radius 2 is 2.10 bits per heavy atom. The second-order valence-corrected chi connectivity index (χ2v) is 5.40. The number of hydrogen-bond donors (Lipinski definition) is 1. The second kappa shape index (κ2) is 8.64. The molecular formula is C15H18Cl3NO2. The van der Waals surface area contributed by atoms with Crippen LogP contribution >= 0.6 is 35.6 Å². The Morgan fingerprint density at radius 1 is 1.33 bits per heavy atom. The van der Waals surface area contributed by atoms with Crippen LogP contribution in [0.1, 0.15) is 25.3 Å². The molecule has 0 saturated heterocycles. The van der Waals surface area contributed by atoms with Crippen LogP contribution in [0.3, 0.4) is 0 Å². The summed E-state index contributed by atoms with van der Waals surface area (Å²) in [5.41, 5.74) is 2.61. The molecule has 0 unspecified atom stereocenters. The number of carbonyl (C=O) groups excluding carboxylic acids is 1. The van der Waals surface area contributed by atoms with Crippen molar-refractivity contribution in [1.29, 1.82) is 0 Å². The van der Waals surface area contributed by atoms with Crippen LogP contribution in [0.25, 0.3) is 5.57 Å². The molecule has 3 nitrogen and oxygen atoms in total. The van der Waals surface area contributed by atoms with Crippen molar-refractivity contribution in [1.82, 2.24) is 5.32 Å². The summed E-state index contributed by atoms with van der Waals surface area (Å²) in [6.45, 7) is 3.58. The van der Waals surface area contributed by atoms with Crippen LogP contribution in [-0.2, 0) is 9.53 Å². The molecule has 6 heteroatoms. The minimum atomic E-state index is -0.261. The zero-order valence-electron chi connectivity index (χ0n) is 11.7. The van der Waals surface area contributed by atoms with Crippen molar-refractivity contribution >= 4 is 47.2 Å². The first kappa shape index (κ1) is 18.3. The predicted molar refractivity (Wildman–Crippen MR) is 89.4 cm³/mol. The Kier molecular flexibility index (Phi) is 7.53. The van der Waals surface area contributed by atoms with Gasteiger partial charge in [-0.2, -0.15) is 0 Å². The lowest BCUT2D eigenvalue weighted by atomic mass is 9.96. The summed E-state index contributed by atoms with van der Waals surface area (Å²) >= 11 is 12.0. The van der Waals surface area contributed by atoms with Crippen molar-refractivity contribution in [2.45, 2.75) is 19.8 Å². The van der Waals surface area contributed by atoms with Crippen molar-refractivity contribution in [3.63, 3.8) is 0 Å². The molecule has 2 rings (SSSR count). The SMILES string of the molecule is CCOC(=O)C1=C(c2ccc(Cl)c(Cl)c2)CCCNC1.Cl. The molecule has 0 saturated carbocycles. The van der Waals surface area contributed by atoms with Crippen LogP contribution < -0.4 is 5.32 Å². The van der Waals surface area contributed by atoms with Gasteiger partial charge in [0.2, 0.25) is 0 Å². The minimum Gasteiger partial charge on any atom is -0.463 e. The van der Waals surface area contributed by atoms with Gasteiger partial charge in [0.05, 0.1) is 22.2 Å². The zero-order valence-corrected chi connectivity index (χ0v) is 14.1. The molecule has 0 fully saturated rings. The number of benzene rings is 1. The third-order valence-electron chi connectivity index (χ3n) is 3.24. The van der Waals surface area contributed by atoms with E-state index in [0.29, 0.717) is 28.8 Å². The highest BCUT2D eigenvalue weighted by Gasteiger charge is 2.20. The molecule has 0 bridgehead atoms. The fraction of sp³-hybridized carbons (Fsp3) is 0.400. The van der Waals surface area contributed by atoms with E-state index in [2.05, 4.69) is 5.32 Å². The van der Waals surface area contributed by atoms with Gasteiger partial charge in [-0.1, -0.05) is 29.3 Å². The molecule has 0 radical (unpaired) electrons. The highest BCUT2D eigenvalue weighted by molar-refractivity contribution is 6.42. The largest absolute Gasteiger partial charge is 0.463 e. The van der Waals surface area contributed by atoms with Gasteiger partial charge in [0, 0.05) is 6.54 Å². The zero-order chi connectivity index (χ0) is 14.5. The molecule has 116 valence electrons. The molecular weight excluding hydrogens is 333 g/mol. The minimum absolute atomic E-state index is 0. The van der Waals surface area contributed by atoms with Crippen molar-refractivity contribution in [2.24, 2.45) is 0 Å². The van der Waals surface area contributed by atoms with E-state index in [0.717, 1.165) is 30.5 Å². The van der Waals surface area contributed by atoms with Crippen LogP contribution in [0.4, 0.5) is 0 Å². The van der Waals surface area contributed by atoms with Gasteiger partial charge in [0.25, 0.3) is 0 Å². The molecule has 1 aromatic rings. The van der Waals surface area contributed by atoms with Gasteiger partial charge < -0.3 is 10.1 Å². The first-order chi connectivity index (χ1) is 9.63. The van der Waals surface area contributed by atoms with E-state index >= 15 is 0 Å². The number of halogens is 3. The molecule has 1 N–H and O–H groups in total. The topological polar surface area (TPSA) is 38.3 Å². The van der Waals surface area contributed by atoms with Gasteiger partial charge in [-0.3, -0.25) is 0 Å². The average molecular weight is 351 g/mol. The van der Waals surface area contributed by atoms with Crippen LogP contribution in [0, 0.1) is 0 Å². The Bertz CT molecular complexity index is 544. The number of esters is 1. The van der Waals surface area contributed by atoms with Crippen molar-refractivity contribution in [3.8, 4) is 0 Å². The fourth-order valence-electron chi connectivity index (χ4n) is 2.28. The van der Waals surface area contributed by atoms with E-state index in [1.54, 1.807) is 13.0 Å². The Hall–Kier alpha value is -0.740.